The van der Waals surface area contributed by atoms with Gasteiger partial charge in [-0.2, -0.15) is 10.4 Å². The molecular weight excluding hydrogens is 340 g/mol. The van der Waals surface area contributed by atoms with E-state index >= 15 is 0 Å². The van der Waals surface area contributed by atoms with E-state index in [4.69, 9.17) is 0 Å². The number of hydrogen-bond donors (Lipinski definition) is 1. The number of rotatable bonds is 3. The molecule has 1 N–H and O–H groups in total. The number of likely N-dealkylation sites (tertiary alicyclic amines) is 1. The number of nitrogens with zero attached hydrogens (tertiary/aromatic N) is 5. The van der Waals surface area contributed by atoms with Crippen molar-refractivity contribution >= 4 is 17.1 Å². The highest BCUT2D eigenvalue weighted by molar-refractivity contribution is 5.82. The first-order valence-electron chi connectivity index (χ1n) is 9.67. The summed E-state index contributed by atoms with van der Waals surface area (Å²) in [7, 11) is 2.13. The van der Waals surface area contributed by atoms with Crippen LogP contribution in [0.3, 0.4) is 0 Å². The first-order valence-corrected chi connectivity index (χ1v) is 9.67. The highest BCUT2D eigenvalue weighted by Crippen LogP contribution is 2.31. The van der Waals surface area contributed by atoms with E-state index < -0.39 is 0 Å². The Morgan fingerprint density at radius 3 is 2.78 bits per heavy atom. The monoisotopic (exact) mass is 366 g/mol. The average Bonchev–Trinajstić information content (AvgIpc) is 3.30. The molecule has 0 radical (unpaired) electrons. The molecule has 0 saturated carbocycles. The molecule has 2 aliphatic heterocycles. The van der Waals surface area contributed by atoms with Crippen molar-refractivity contribution < 1.29 is 4.79 Å². The number of carbonyl (C=O) groups excluding carboxylic acids is 1. The first-order chi connectivity index (χ1) is 13.1. The average molecular weight is 366 g/mol. The van der Waals surface area contributed by atoms with Crippen LogP contribution in [0.25, 0.3) is 5.52 Å². The second-order valence-electron chi connectivity index (χ2n) is 7.92. The predicted octanol–water partition coefficient (Wildman–Crippen LogP) is 1.49. The Balaban J connectivity index is 1.48. The van der Waals surface area contributed by atoms with Crippen molar-refractivity contribution in [2.45, 2.75) is 25.8 Å². The number of pyridine rings is 1. The van der Waals surface area contributed by atoms with Crippen LogP contribution in [0.5, 0.6) is 0 Å². The van der Waals surface area contributed by atoms with Gasteiger partial charge in [-0.1, -0.05) is 6.92 Å². The summed E-state index contributed by atoms with van der Waals surface area (Å²) in [6.45, 7) is 5.77. The molecule has 2 aromatic rings. The summed E-state index contributed by atoms with van der Waals surface area (Å²) in [6, 6.07) is 8.16. The van der Waals surface area contributed by atoms with Crippen LogP contribution in [0.2, 0.25) is 0 Å². The van der Waals surface area contributed by atoms with E-state index in [9.17, 15) is 10.1 Å². The van der Waals surface area contributed by atoms with Crippen LogP contribution in [0.15, 0.2) is 24.4 Å². The van der Waals surface area contributed by atoms with Crippen molar-refractivity contribution in [3.8, 4) is 6.07 Å². The number of nitriles is 1. The third kappa shape index (κ3) is 3.37. The largest absolute Gasteiger partial charge is 0.369 e. The van der Waals surface area contributed by atoms with Crippen molar-refractivity contribution in [2.24, 2.45) is 11.8 Å². The number of anilines is 1. The van der Waals surface area contributed by atoms with Crippen LogP contribution in [0.4, 0.5) is 5.69 Å². The van der Waals surface area contributed by atoms with Gasteiger partial charge in [0, 0.05) is 19.1 Å². The summed E-state index contributed by atoms with van der Waals surface area (Å²) < 4.78 is 1.67. The molecular formula is C20H26N6O. The van der Waals surface area contributed by atoms with Gasteiger partial charge in [0.05, 0.1) is 23.3 Å². The van der Waals surface area contributed by atoms with Crippen LogP contribution in [-0.2, 0) is 4.79 Å². The van der Waals surface area contributed by atoms with Crippen LogP contribution in [0.1, 0.15) is 25.5 Å². The summed E-state index contributed by atoms with van der Waals surface area (Å²) in [4.78, 5) is 17.4. The topological polar surface area (TPSA) is 76.7 Å². The zero-order chi connectivity index (χ0) is 19.0. The highest BCUT2D eigenvalue weighted by Gasteiger charge is 2.36. The van der Waals surface area contributed by atoms with E-state index in [0.29, 0.717) is 18.3 Å². The van der Waals surface area contributed by atoms with Gasteiger partial charge in [-0.3, -0.25) is 4.79 Å². The number of piperidine rings is 1. The quantitative estimate of drug-likeness (QED) is 0.891. The van der Waals surface area contributed by atoms with Crippen molar-refractivity contribution in [3.63, 3.8) is 0 Å². The Kier molecular flexibility index (Phi) is 4.75. The van der Waals surface area contributed by atoms with Crippen molar-refractivity contribution in [2.75, 3.05) is 38.1 Å². The van der Waals surface area contributed by atoms with Crippen molar-refractivity contribution in [3.05, 3.63) is 30.1 Å². The molecule has 27 heavy (non-hydrogen) atoms. The molecule has 0 unspecified atom stereocenters. The third-order valence-electron chi connectivity index (χ3n) is 6.00. The Morgan fingerprint density at radius 2 is 2.04 bits per heavy atom. The SMILES string of the molecule is C[C@H]1CN(c2ccc(C#N)n3nccc23)C[C@@H]1C(=O)NC1CCN(C)CC1. The molecule has 7 heteroatoms. The van der Waals surface area contributed by atoms with Crippen LogP contribution < -0.4 is 10.2 Å². The number of carbonyl (C=O) groups is 1. The van der Waals surface area contributed by atoms with Gasteiger partial charge in [0.15, 0.2) is 0 Å². The minimum Gasteiger partial charge on any atom is -0.369 e. The van der Waals surface area contributed by atoms with Crippen LogP contribution in [0, 0.1) is 23.2 Å². The van der Waals surface area contributed by atoms with Gasteiger partial charge in [-0.05, 0) is 57.1 Å². The van der Waals surface area contributed by atoms with Crippen LogP contribution >= 0.6 is 0 Å². The standard InChI is InChI=1S/C20H26N6O/c1-14-12-25(18-4-3-16(11-21)26-19(18)5-8-22-26)13-17(14)20(27)23-15-6-9-24(2)10-7-15/h3-5,8,14-15,17H,6-7,9-10,12-13H2,1-2H3,(H,23,27)/t14-,17-/m0/s1. The normalized spacial score (nSPS) is 24.3. The lowest BCUT2D eigenvalue weighted by Gasteiger charge is -2.30. The molecule has 2 aliphatic rings. The van der Waals surface area contributed by atoms with E-state index in [1.807, 2.05) is 12.1 Å². The molecule has 7 nitrogen and oxygen atoms in total. The zero-order valence-electron chi connectivity index (χ0n) is 15.9. The molecule has 0 bridgehead atoms. The highest BCUT2D eigenvalue weighted by atomic mass is 16.2. The lowest BCUT2D eigenvalue weighted by atomic mass is 9.96. The van der Waals surface area contributed by atoms with Gasteiger partial charge >= 0.3 is 0 Å². The molecule has 142 valence electrons. The van der Waals surface area contributed by atoms with Gasteiger partial charge in [0.1, 0.15) is 11.8 Å². The van der Waals surface area contributed by atoms with E-state index in [0.717, 1.165) is 43.7 Å². The lowest BCUT2D eigenvalue weighted by Crippen LogP contribution is -2.46. The van der Waals surface area contributed by atoms with E-state index in [2.05, 4.69) is 40.3 Å². The first kappa shape index (κ1) is 17.8. The van der Waals surface area contributed by atoms with Crippen molar-refractivity contribution in [1.29, 1.82) is 5.26 Å². The summed E-state index contributed by atoms with van der Waals surface area (Å²) in [5, 5.41) is 16.8. The Hall–Kier alpha value is -2.59. The molecule has 2 saturated heterocycles. The van der Waals surface area contributed by atoms with Gasteiger partial charge in [0.25, 0.3) is 0 Å². The fourth-order valence-corrected chi connectivity index (χ4v) is 4.32. The Labute approximate surface area is 159 Å². The molecule has 4 rings (SSSR count). The molecule has 2 aromatic heterocycles. The lowest BCUT2D eigenvalue weighted by molar-refractivity contribution is -0.126. The van der Waals surface area contributed by atoms with E-state index in [1.165, 1.54) is 0 Å². The molecule has 2 fully saturated rings. The Morgan fingerprint density at radius 1 is 1.26 bits per heavy atom. The maximum atomic E-state index is 12.9. The number of fused-ring (bicyclic) bond motifs is 1. The van der Waals surface area contributed by atoms with Gasteiger partial charge in [-0.25, -0.2) is 4.52 Å². The summed E-state index contributed by atoms with van der Waals surface area (Å²) in [5.74, 6) is 0.455. The minimum absolute atomic E-state index is 0.0109. The molecule has 0 aliphatic carbocycles. The van der Waals surface area contributed by atoms with Crippen LogP contribution in [-0.4, -0.2) is 59.7 Å². The molecule has 4 heterocycles. The maximum Gasteiger partial charge on any atom is 0.225 e. The number of hydrogen-bond acceptors (Lipinski definition) is 5. The van der Waals surface area contributed by atoms with E-state index in [1.54, 1.807) is 16.8 Å². The fraction of sp³-hybridized carbons (Fsp3) is 0.550. The Bertz CT molecular complexity index is 876. The van der Waals surface area contributed by atoms with Gasteiger partial charge in [-0.15, -0.1) is 0 Å². The summed E-state index contributed by atoms with van der Waals surface area (Å²) in [5.41, 5.74) is 2.47. The number of aromatic nitrogens is 2. The summed E-state index contributed by atoms with van der Waals surface area (Å²) >= 11 is 0. The second-order valence-corrected chi connectivity index (χ2v) is 7.92. The second kappa shape index (κ2) is 7.20. The van der Waals surface area contributed by atoms with Gasteiger partial charge in [0.2, 0.25) is 5.91 Å². The van der Waals surface area contributed by atoms with Gasteiger partial charge < -0.3 is 15.1 Å². The third-order valence-corrected chi connectivity index (χ3v) is 6.00. The minimum atomic E-state index is -0.0109. The molecule has 0 aromatic carbocycles. The zero-order valence-corrected chi connectivity index (χ0v) is 15.9. The number of amides is 1. The molecule has 1 amide bonds. The fourth-order valence-electron chi connectivity index (χ4n) is 4.32. The maximum absolute atomic E-state index is 12.9. The van der Waals surface area contributed by atoms with E-state index in [-0.39, 0.29) is 17.7 Å². The predicted molar refractivity (Wildman–Crippen MR) is 103 cm³/mol. The smallest absolute Gasteiger partial charge is 0.225 e. The number of nitrogens with one attached hydrogen (secondary N) is 1. The van der Waals surface area contributed by atoms with Crippen molar-refractivity contribution in [1.82, 2.24) is 19.8 Å². The molecule has 0 spiro atoms. The molecule has 2 atom stereocenters. The summed E-state index contributed by atoms with van der Waals surface area (Å²) in [6.07, 6.45) is 3.77.